The first kappa shape index (κ1) is 30.9. The highest BCUT2D eigenvalue weighted by Crippen LogP contribution is 2.43. The minimum Gasteiger partial charge on any atom is -0.370 e. The molecule has 4 atom stereocenters. The normalized spacial score (nSPS) is 21.6. The van der Waals surface area contributed by atoms with Gasteiger partial charge in [-0.1, -0.05) is 60.7 Å². The van der Waals surface area contributed by atoms with Gasteiger partial charge >= 0.3 is 27.0 Å². The fourth-order valence-corrected chi connectivity index (χ4v) is 6.12. The van der Waals surface area contributed by atoms with Crippen molar-refractivity contribution in [2.24, 2.45) is 0 Å². The third-order valence-electron chi connectivity index (χ3n) is 6.93. The van der Waals surface area contributed by atoms with Gasteiger partial charge in [0, 0.05) is 18.3 Å². The number of aromatic nitrogens is 1. The average molecular weight is 640 g/mol. The van der Waals surface area contributed by atoms with Crippen LogP contribution in [0.4, 0.5) is 13.2 Å². The molecule has 1 aliphatic carbocycles. The molecule has 0 aliphatic heterocycles. The van der Waals surface area contributed by atoms with E-state index in [2.05, 4.69) is 4.98 Å². The van der Waals surface area contributed by atoms with Crippen LogP contribution in [0.2, 0.25) is 0 Å². The quantitative estimate of drug-likeness (QED) is 0.206. The molecule has 5 rings (SSSR count). The molecule has 0 unspecified atom stereocenters. The van der Waals surface area contributed by atoms with Crippen LogP contribution in [0.25, 0.3) is 16.3 Å². The van der Waals surface area contributed by atoms with Crippen LogP contribution in [0.5, 0.6) is 0 Å². The predicted molar refractivity (Wildman–Crippen MR) is 148 cm³/mol. The first-order chi connectivity index (χ1) is 20.2. The van der Waals surface area contributed by atoms with Crippen LogP contribution in [-0.4, -0.2) is 49.2 Å². The summed E-state index contributed by atoms with van der Waals surface area (Å²) in [5.74, 6) is -0.873. The van der Waals surface area contributed by atoms with Gasteiger partial charge in [-0.15, -0.1) is 0 Å². The Morgan fingerprint density at radius 2 is 1.49 bits per heavy atom. The number of benzene rings is 3. The van der Waals surface area contributed by atoms with E-state index in [0.717, 1.165) is 17.5 Å². The van der Waals surface area contributed by atoms with Gasteiger partial charge in [-0.05, 0) is 51.2 Å². The van der Waals surface area contributed by atoms with Crippen molar-refractivity contribution in [2.45, 2.75) is 37.0 Å². The highest BCUT2D eigenvalue weighted by molar-refractivity contribution is 7.81. The van der Waals surface area contributed by atoms with E-state index < -0.39 is 56.8 Å². The standard InChI is InChI=1S/C28H24F3NO9S2/c29-28(30,31)20-10-8-17(9-11-20)16-39-25-23(19-12-13-32-15-19)14-24(22-7-3-5-18-4-1-2-6-21(18)22)26(40-42(33,34)35)27(25)41-43(36,37)38/h1-15,23,25-27,32H,16H2,(H,33,34,35)(H,36,37,38)/t23-,25-,26-,27+/m1/s1. The first-order valence-corrected chi connectivity index (χ1v) is 15.3. The van der Waals surface area contributed by atoms with E-state index in [1.807, 2.05) is 0 Å². The molecule has 1 aromatic heterocycles. The third kappa shape index (κ3) is 7.33. The van der Waals surface area contributed by atoms with Crippen molar-refractivity contribution in [1.82, 2.24) is 4.98 Å². The van der Waals surface area contributed by atoms with Gasteiger partial charge < -0.3 is 9.72 Å². The lowest BCUT2D eigenvalue weighted by Gasteiger charge is -2.40. The van der Waals surface area contributed by atoms with Crippen molar-refractivity contribution in [3.8, 4) is 0 Å². The van der Waals surface area contributed by atoms with E-state index in [1.54, 1.807) is 67.0 Å². The van der Waals surface area contributed by atoms with E-state index in [-0.39, 0.29) is 17.7 Å². The summed E-state index contributed by atoms with van der Waals surface area (Å²) in [5, 5.41) is 1.38. The minimum absolute atomic E-state index is 0.101. The van der Waals surface area contributed by atoms with E-state index in [1.165, 1.54) is 12.1 Å². The number of fused-ring (bicyclic) bond motifs is 1. The summed E-state index contributed by atoms with van der Waals surface area (Å²) >= 11 is 0. The molecule has 1 heterocycles. The van der Waals surface area contributed by atoms with Crippen molar-refractivity contribution >= 4 is 37.1 Å². The Labute approximate surface area is 244 Å². The summed E-state index contributed by atoms with van der Waals surface area (Å²) in [6.07, 6.45) is -5.04. The van der Waals surface area contributed by atoms with Crippen LogP contribution in [0.3, 0.4) is 0 Å². The smallest absolute Gasteiger partial charge is 0.370 e. The molecule has 4 aromatic rings. The lowest BCUT2D eigenvalue weighted by atomic mass is 9.77. The molecule has 0 spiro atoms. The number of aromatic amines is 1. The van der Waals surface area contributed by atoms with Crippen LogP contribution in [-0.2, 0) is 46.7 Å². The fraction of sp³-hybridized carbons (Fsp3) is 0.214. The maximum absolute atomic E-state index is 13.0. The maximum Gasteiger partial charge on any atom is 0.416 e. The molecule has 0 radical (unpaired) electrons. The van der Waals surface area contributed by atoms with Crippen molar-refractivity contribution in [2.75, 3.05) is 0 Å². The van der Waals surface area contributed by atoms with Crippen LogP contribution in [0.15, 0.2) is 91.3 Å². The molecule has 228 valence electrons. The Bertz CT molecular complexity index is 1840. The molecule has 43 heavy (non-hydrogen) atoms. The molecule has 10 nitrogen and oxygen atoms in total. The van der Waals surface area contributed by atoms with Gasteiger partial charge in [0.25, 0.3) is 0 Å². The summed E-state index contributed by atoms with van der Waals surface area (Å²) in [4.78, 5) is 2.87. The number of ether oxygens (including phenoxy) is 1. The molecule has 0 fully saturated rings. The Balaban J connectivity index is 1.66. The predicted octanol–water partition coefficient (Wildman–Crippen LogP) is 5.33. The number of hydrogen-bond donors (Lipinski definition) is 3. The van der Waals surface area contributed by atoms with E-state index >= 15 is 0 Å². The monoisotopic (exact) mass is 639 g/mol. The second kappa shape index (κ2) is 11.8. The van der Waals surface area contributed by atoms with Crippen molar-refractivity contribution < 1.29 is 52.2 Å². The van der Waals surface area contributed by atoms with E-state index in [9.17, 15) is 39.1 Å². The zero-order valence-corrected chi connectivity index (χ0v) is 23.5. The van der Waals surface area contributed by atoms with Crippen molar-refractivity contribution in [1.29, 1.82) is 0 Å². The molecule has 0 bridgehead atoms. The maximum atomic E-state index is 13.0. The summed E-state index contributed by atoms with van der Waals surface area (Å²) in [6, 6.07) is 17.8. The van der Waals surface area contributed by atoms with Gasteiger partial charge in [0.05, 0.1) is 18.3 Å². The molecular weight excluding hydrogens is 615 g/mol. The number of hydrogen-bond acceptors (Lipinski definition) is 7. The zero-order chi connectivity index (χ0) is 31.0. The Morgan fingerprint density at radius 3 is 2.12 bits per heavy atom. The van der Waals surface area contributed by atoms with Crippen LogP contribution >= 0.6 is 0 Å². The van der Waals surface area contributed by atoms with Gasteiger partial charge in [0.1, 0.15) is 12.2 Å². The SMILES string of the molecule is O=S(=O)(O)O[C@H]1[C@H](OCc2ccc(C(F)(F)F)cc2)[C@@H](c2cc[nH]c2)C=C(c2cccc3ccccc23)[C@H]1OS(=O)(=O)O. The zero-order valence-electron chi connectivity index (χ0n) is 21.9. The summed E-state index contributed by atoms with van der Waals surface area (Å²) in [5.41, 5.74) is 0.420. The second-order valence-electron chi connectivity index (χ2n) is 9.72. The largest absolute Gasteiger partial charge is 0.416 e. The van der Waals surface area contributed by atoms with Gasteiger partial charge in [0.2, 0.25) is 0 Å². The number of H-pyrrole nitrogens is 1. The molecule has 0 saturated heterocycles. The number of nitrogens with one attached hydrogen (secondary N) is 1. The highest BCUT2D eigenvalue weighted by Gasteiger charge is 2.48. The van der Waals surface area contributed by atoms with Crippen molar-refractivity contribution in [3.05, 3.63) is 114 Å². The molecule has 0 amide bonds. The summed E-state index contributed by atoms with van der Waals surface area (Å²) < 4.78 is 123. The lowest BCUT2D eigenvalue weighted by molar-refractivity contribution is -0.137. The lowest BCUT2D eigenvalue weighted by Crippen LogP contribution is -2.50. The van der Waals surface area contributed by atoms with Crippen LogP contribution in [0.1, 0.15) is 28.2 Å². The van der Waals surface area contributed by atoms with E-state index in [0.29, 0.717) is 16.5 Å². The number of rotatable bonds is 9. The van der Waals surface area contributed by atoms with Gasteiger partial charge in [-0.2, -0.15) is 30.0 Å². The molecule has 3 N–H and O–H groups in total. The third-order valence-corrected chi connectivity index (χ3v) is 7.85. The fourth-order valence-electron chi connectivity index (χ4n) is 5.15. The van der Waals surface area contributed by atoms with Gasteiger partial charge in [-0.25, -0.2) is 8.37 Å². The first-order valence-electron chi connectivity index (χ1n) is 12.6. The Morgan fingerprint density at radius 1 is 0.814 bits per heavy atom. The minimum atomic E-state index is -5.29. The van der Waals surface area contributed by atoms with Crippen LogP contribution < -0.4 is 0 Å². The van der Waals surface area contributed by atoms with Crippen LogP contribution in [0, 0.1) is 0 Å². The number of alkyl halides is 3. The second-order valence-corrected chi connectivity index (χ2v) is 11.8. The summed E-state index contributed by atoms with van der Waals surface area (Å²) in [6.45, 7) is -0.370. The topological polar surface area (TPSA) is 152 Å². The highest BCUT2D eigenvalue weighted by atomic mass is 32.3. The van der Waals surface area contributed by atoms with Gasteiger partial charge in [-0.3, -0.25) is 9.11 Å². The molecule has 1 aliphatic rings. The number of halogens is 3. The van der Waals surface area contributed by atoms with Crippen molar-refractivity contribution in [3.63, 3.8) is 0 Å². The summed E-state index contributed by atoms with van der Waals surface area (Å²) in [7, 11) is -10.5. The van der Waals surface area contributed by atoms with E-state index in [4.69, 9.17) is 13.1 Å². The van der Waals surface area contributed by atoms with Gasteiger partial charge in [0.15, 0.2) is 0 Å². The molecule has 0 saturated carbocycles. The average Bonchev–Trinajstić information content (AvgIpc) is 3.46. The molecule has 3 aromatic carbocycles. The Kier molecular flexibility index (Phi) is 8.50. The Hall–Kier alpha value is -3.57. The molecule has 15 heteroatoms. The molecular formula is C28H24F3NO9S2.